The van der Waals surface area contributed by atoms with Gasteiger partial charge in [-0.1, -0.05) is 97.3 Å². The van der Waals surface area contributed by atoms with Gasteiger partial charge in [-0.3, -0.25) is 0 Å². The van der Waals surface area contributed by atoms with Crippen LogP contribution in [0.3, 0.4) is 0 Å². The molecule has 1 unspecified atom stereocenters. The SMILES string of the molecule is CCCCCCCCCCC1N(CCCCCCCCC)C=CN1C(C)C. The molecule has 0 aromatic heterocycles. The Morgan fingerprint density at radius 2 is 1.11 bits per heavy atom. The van der Waals surface area contributed by atoms with E-state index in [2.05, 4.69) is 49.9 Å². The van der Waals surface area contributed by atoms with Crippen molar-refractivity contribution < 1.29 is 0 Å². The molecular weight excluding hydrogens is 328 g/mol. The van der Waals surface area contributed by atoms with Crippen molar-refractivity contribution in [3.63, 3.8) is 0 Å². The van der Waals surface area contributed by atoms with Crippen molar-refractivity contribution in [3.8, 4) is 0 Å². The van der Waals surface area contributed by atoms with E-state index in [4.69, 9.17) is 0 Å². The minimum absolute atomic E-state index is 0.610. The molecule has 1 heterocycles. The Bertz CT molecular complexity index is 350. The second-order valence-electron chi connectivity index (χ2n) is 8.94. The Balaban J connectivity index is 2.19. The van der Waals surface area contributed by atoms with Gasteiger partial charge in [-0.15, -0.1) is 0 Å². The van der Waals surface area contributed by atoms with Gasteiger partial charge in [-0.05, 0) is 33.1 Å². The highest BCUT2D eigenvalue weighted by atomic mass is 15.4. The Hall–Kier alpha value is -0.660. The molecule has 0 saturated carbocycles. The van der Waals surface area contributed by atoms with Gasteiger partial charge in [-0.2, -0.15) is 0 Å². The molecule has 0 bridgehead atoms. The van der Waals surface area contributed by atoms with Gasteiger partial charge in [0.2, 0.25) is 0 Å². The lowest BCUT2D eigenvalue weighted by Gasteiger charge is -2.35. The minimum Gasteiger partial charge on any atom is -0.356 e. The summed E-state index contributed by atoms with van der Waals surface area (Å²) in [6, 6.07) is 0.610. The fraction of sp³-hybridized carbons (Fsp3) is 0.920. The van der Waals surface area contributed by atoms with Crippen molar-refractivity contribution >= 4 is 0 Å². The monoisotopic (exact) mass is 378 g/mol. The first-order valence-corrected chi connectivity index (χ1v) is 12.4. The predicted octanol–water partition coefficient (Wildman–Crippen LogP) is 8.09. The van der Waals surface area contributed by atoms with E-state index >= 15 is 0 Å². The van der Waals surface area contributed by atoms with Crippen molar-refractivity contribution in [1.82, 2.24) is 9.80 Å². The lowest BCUT2D eigenvalue weighted by Crippen LogP contribution is -2.42. The second-order valence-corrected chi connectivity index (χ2v) is 8.94. The van der Waals surface area contributed by atoms with Crippen molar-refractivity contribution in [1.29, 1.82) is 0 Å². The molecule has 0 aliphatic carbocycles. The van der Waals surface area contributed by atoms with E-state index in [1.54, 1.807) is 0 Å². The van der Waals surface area contributed by atoms with Crippen LogP contribution in [0.2, 0.25) is 0 Å². The molecule has 0 aromatic carbocycles. The molecule has 0 spiro atoms. The average Bonchev–Trinajstić information content (AvgIpc) is 3.06. The predicted molar refractivity (Wildman–Crippen MR) is 122 cm³/mol. The van der Waals surface area contributed by atoms with Gasteiger partial charge in [-0.25, -0.2) is 0 Å². The maximum atomic E-state index is 2.63. The summed E-state index contributed by atoms with van der Waals surface area (Å²) in [5.74, 6) is 0. The number of rotatable bonds is 18. The molecule has 1 rings (SSSR count). The Labute approximate surface area is 171 Å². The van der Waals surface area contributed by atoms with Crippen molar-refractivity contribution in [2.24, 2.45) is 0 Å². The summed E-state index contributed by atoms with van der Waals surface area (Å²) in [7, 11) is 0. The molecule has 2 nitrogen and oxygen atoms in total. The highest BCUT2D eigenvalue weighted by Gasteiger charge is 2.26. The van der Waals surface area contributed by atoms with Crippen LogP contribution in [0.25, 0.3) is 0 Å². The van der Waals surface area contributed by atoms with Crippen LogP contribution >= 0.6 is 0 Å². The molecule has 160 valence electrons. The van der Waals surface area contributed by atoms with Crippen molar-refractivity contribution in [2.45, 2.75) is 143 Å². The van der Waals surface area contributed by atoms with Crippen molar-refractivity contribution in [2.75, 3.05) is 6.54 Å². The van der Waals surface area contributed by atoms with E-state index in [9.17, 15) is 0 Å². The average molecular weight is 379 g/mol. The summed E-state index contributed by atoms with van der Waals surface area (Å²) in [6.07, 6.45) is 27.8. The highest BCUT2D eigenvalue weighted by molar-refractivity contribution is 4.98. The van der Waals surface area contributed by atoms with Crippen LogP contribution < -0.4 is 0 Å². The van der Waals surface area contributed by atoms with Gasteiger partial charge >= 0.3 is 0 Å². The second kappa shape index (κ2) is 16.3. The van der Waals surface area contributed by atoms with E-state index in [0.29, 0.717) is 12.2 Å². The van der Waals surface area contributed by atoms with E-state index in [1.807, 2.05) is 0 Å². The topological polar surface area (TPSA) is 6.48 Å². The molecule has 0 fully saturated rings. The third kappa shape index (κ3) is 11.1. The molecule has 0 radical (unpaired) electrons. The molecule has 0 saturated heterocycles. The summed E-state index contributed by atoms with van der Waals surface area (Å²) in [5, 5.41) is 0. The highest BCUT2D eigenvalue weighted by Crippen LogP contribution is 2.24. The fourth-order valence-electron chi connectivity index (χ4n) is 4.30. The molecule has 1 atom stereocenters. The van der Waals surface area contributed by atoms with Gasteiger partial charge in [0.05, 0.1) is 0 Å². The summed E-state index contributed by atoms with van der Waals surface area (Å²) < 4.78 is 0. The summed E-state index contributed by atoms with van der Waals surface area (Å²) in [4.78, 5) is 5.22. The Morgan fingerprint density at radius 3 is 1.63 bits per heavy atom. The van der Waals surface area contributed by atoms with E-state index in [0.717, 1.165) is 0 Å². The first kappa shape index (κ1) is 24.4. The summed E-state index contributed by atoms with van der Waals surface area (Å²) >= 11 is 0. The van der Waals surface area contributed by atoms with Gasteiger partial charge in [0.15, 0.2) is 0 Å². The number of nitrogens with zero attached hydrogens (tertiary/aromatic N) is 2. The summed E-state index contributed by atoms with van der Waals surface area (Å²) in [6.45, 7) is 10.5. The zero-order valence-corrected chi connectivity index (χ0v) is 19.2. The number of unbranched alkanes of at least 4 members (excludes halogenated alkanes) is 13. The van der Waals surface area contributed by atoms with Gasteiger partial charge in [0.25, 0.3) is 0 Å². The van der Waals surface area contributed by atoms with E-state index in [-0.39, 0.29) is 0 Å². The fourth-order valence-corrected chi connectivity index (χ4v) is 4.30. The molecule has 0 aromatic rings. The zero-order chi connectivity index (χ0) is 19.7. The van der Waals surface area contributed by atoms with Crippen molar-refractivity contribution in [3.05, 3.63) is 12.4 Å². The van der Waals surface area contributed by atoms with Crippen LogP contribution in [0.5, 0.6) is 0 Å². The lowest BCUT2D eigenvalue weighted by molar-refractivity contribution is 0.114. The third-order valence-electron chi connectivity index (χ3n) is 6.09. The van der Waals surface area contributed by atoms with Crippen LogP contribution in [-0.2, 0) is 0 Å². The van der Waals surface area contributed by atoms with Crippen LogP contribution in [0.1, 0.15) is 130 Å². The molecule has 1 aliphatic heterocycles. The number of hydrogen-bond donors (Lipinski definition) is 0. The maximum Gasteiger partial charge on any atom is 0.101 e. The maximum absolute atomic E-state index is 2.63. The lowest BCUT2D eigenvalue weighted by atomic mass is 10.1. The van der Waals surface area contributed by atoms with Gasteiger partial charge in [0.1, 0.15) is 6.17 Å². The molecule has 1 aliphatic rings. The van der Waals surface area contributed by atoms with E-state index < -0.39 is 0 Å². The normalized spacial score (nSPS) is 16.9. The molecular formula is C25H50N2. The number of hydrogen-bond acceptors (Lipinski definition) is 2. The first-order chi connectivity index (χ1) is 13.2. The largest absolute Gasteiger partial charge is 0.356 e. The minimum atomic E-state index is 0.610. The summed E-state index contributed by atoms with van der Waals surface area (Å²) in [5.41, 5.74) is 0. The molecule has 2 heteroatoms. The van der Waals surface area contributed by atoms with E-state index in [1.165, 1.54) is 109 Å². The van der Waals surface area contributed by atoms with Gasteiger partial charge in [0, 0.05) is 25.0 Å². The quantitative estimate of drug-likeness (QED) is 0.222. The molecule has 27 heavy (non-hydrogen) atoms. The van der Waals surface area contributed by atoms with Crippen LogP contribution in [-0.4, -0.2) is 28.6 Å². The van der Waals surface area contributed by atoms with Crippen LogP contribution in [0, 0.1) is 0 Å². The van der Waals surface area contributed by atoms with Gasteiger partial charge < -0.3 is 9.80 Å². The van der Waals surface area contributed by atoms with Crippen LogP contribution in [0.4, 0.5) is 0 Å². The Kier molecular flexibility index (Phi) is 14.7. The zero-order valence-electron chi connectivity index (χ0n) is 19.2. The van der Waals surface area contributed by atoms with Crippen LogP contribution in [0.15, 0.2) is 12.4 Å². The first-order valence-electron chi connectivity index (χ1n) is 12.4. The smallest absolute Gasteiger partial charge is 0.101 e. The Morgan fingerprint density at radius 1 is 0.630 bits per heavy atom. The molecule has 0 amide bonds. The third-order valence-corrected chi connectivity index (χ3v) is 6.09. The standard InChI is InChI=1S/C25H50N2/c1-5-7-9-11-13-14-16-18-20-25-26(22-23-27(25)24(3)4)21-19-17-15-12-10-8-6-2/h22-25H,5-21H2,1-4H3. The molecule has 0 N–H and O–H groups in total.